The van der Waals surface area contributed by atoms with Crippen LogP contribution in [0.25, 0.3) is 6.08 Å². The Morgan fingerprint density at radius 1 is 0.884 bits per heavy atom. The number of ether oxygens (including phenoxy) is 2. The first-order valence-electron chi connectivity index (χ1n) is 13.8. The Bertz CT molecular complexity index is 1850. The smallest absolute Gasteiger partial charge is 0.187 e. The van der Waals surface area contributed by atoms with E-state index in [1.54, 1.807) is 89.8 Å². The summed E-state index contributed by atoms with van der Waals surface area (Å²) >= 11 is 6.59. The molecule has 1 saturated heterocycles. The molecule has 0 saturated carbocycles. The topological polar surface area (TPSA) is 72.9 Å². The number of rotatable bonds is 5. The molecule has 4 aromatic carbocycles. The highest BCUT2D eigenvalue weighted by Crippen LogP contribution is 2.62. The Hall–Kier alpha value is -4.75. The monoisotopic (exact) mass is 593 g/mol. The number of halogens is 2. The predicted molar refractivity (Wildman–Crippen MR) is 161 cm³/mol. The van der Waals surface area contributed by atoms with Crippen molar-refractivity contribution in [3.05, 3.63) is 130 Å². The van der Waals surface area contributed by atoms with E-state index in [1.165, 1.54) is 26.4 Å². The van der Waals surface area contributed by atoms with Crippen LogP contribution in [0.3, 0.4) is 0 Å². The molecule has 2 heterocycles. The Morgan fingerprint density at radius 3 is 2.26 bits per heavy atom. The van der Waals surface area contributed by atoms with Crippen molar-refractivity contribution in [1.82, 2.24) is 0 Å². The van der Waals surface area contributed by atoms with Gasteiger partial charge in [-0.2, -0.15) is 0 Å². The summed E-state index contributed by atoms with van der Waals surface area (Å²) in [4.78, 5) is 46.2. The number of hydrogen-bond donors (Lipinski definition) is 0. The Balaban J connectivity index is 1.58. The van der Waals surface area contributed by atoms with Gasteiger partial charge < -0.3 is 14.4 Å². The highest BCUT2D eigenvalue weighted by atomic mass is 35.5. The lowest BCUT2D eigenvalue weighted by molar-refractivity contribution is 0.0665. The molecule has 8 heteroatoms. The summed E-state index contributed by atoms with van der Waals surface area (Å²) in [6, 6.07) is 20.9. The number of benzene rings is 4. The zero-order valence-corrected chi connectivity index (χ0v) is 24.0. The minimum atomic E-state index is -1.74. The van der Waals surface area contributed by atoms with Crippen molar-refractivity contribution in [2.24, 2.45) is 5.41 Å². The lowest BCUT2D eigenvalue weighted by Gasteiger charge is -2.37. The molecule has 0 aromatic heterocycles. The van der Waals surface area contributed by atoms with E-state index in [0.717, 1.165) is 0 Å². The van der Waals surface area contributed by atoms with Crippen molar-refractivity contribution in [2.75, 3.05) is 19.1 Å². The average Bonchev–Trinajstić information content (AvgIpc) is 3.46. The molecule has 4 aromatic rings. The third-order valence-corrected chi connectivity index (χ3v) is 9.28. The lowest BCUT2D eigenvalue weighted by Crippen LogP contribution is -2.48. The normalized spacial score (nSPS) is 21.0. The number of methoxy groups -OCH3 is 2. The lowest BCUT2D eigenvalue weighted by atomic mass is 9.64. The number of fused-ring (bicyclic) bond motifs is 5. The fraction of sp³-hybridized carbons (Fsp3) is 0.171. The van der Waals surface area contributed by atoms with Gasteiger partial charge in [-0.25, -0.2) is 4.39 Å². The SMILES string of the molecule is COc1ccc([C@@H]2[C@@H](C(=O)c3ccccc3Cl)N3c4ccc(F)cc4C=CC3C23C(=O)c2ccccc2C3=O)c(OC)c1. The van der Waals surface area contributed by atoms with Gasteiger partial charge in [0.15, 0.2) is 17.3 Å². The molecule has 0 bridgehead atoms. The van der Waals surface area contributed by atoms with Crippen LogP contribution < -0.4 is 14.4 Å². The standard InChI is InChI=1S/C35H25ClFNO5/c1-42-21-13-14-25(28(18-21)43-2)30-31(32(39)24-9-5-6-10-26(24)36)38-27-15-12-20(37)17-19(27)11-16-29(38)35(30)33(40)22-7-3-4-8-23(22)34(35)41/h3-18,29-31H,1-2H3/t29?,30-,31+/m1/s1. The first kappa shape index (κ1) is 27.1. The van der Waals surface area contributed by atoms with Crippen LogP contribution in [0.2, 0.25) is 5.02 Å². The van der Waals surface area contributed by atoms with Gasteiger partial charge in [0.1, 0.15) is 28.8 Å². The molecule has 1 aliphatic carbocycles. The quantitative estimate of drug-likeness (QED) is 0.187. The van der Waals surface area contributed by atoms with Crippen molar-refractivity contribution in [2.45, 2.75) is 18.0 Å². The molecule has 1 unspecified atom stereocenters. The van der Waals surface area contributed by atoms with Crippen LogP contribution in [0.5, 0.6) is 11.5 Å². The fourth-order valence-corrected chi connectivity index (χ4v) is 7.42. The number of Topliss-reactive ketones (excluding diaryl/α,β-unsaturated/α-hetero) is 3. The van der Waals surface area contributed by atoms with Gasteiger partial charge in [0.2, 0.25) is 0 Å². The molecule has 0 amide bonds. The van der Waals surface area contributed by atoms with Gasteiger partial charge in [0, 0.05) is 45.5 Å². The number of ketones is 3. The highest BCUT2D eigenvalue weighted by molar-refractivity contribution is 6.35. The van der Waals surface area contributed by atoms with Crippen LogP contribution in [-0.4, -0.2) is 43.7 Å². The van der Waals surface area contributed by atoms with E-state index in [-0.39, 0.29) is 27.9 Å². The summed E-state index contributed by atoms with van der Waals surface area (Å²) in [5, 5.41) is 0.240. The van der Waals surface area contributed by atoms with Gasteiger partial charge in [-0.1, -0.05) is 66.2 Å². The molecule has 1 fully saturated rings. The molecular weight excluding hydrogens is 569 g/mol. The van der Waals surface area contributed by atoms with Gasteiger partial charge in [-0.15, -0.1) is 0 Å². The molecule has 2 aliphatic heterocycles. The Kier molecular flexibility index (Phi) is 6.25. The minimum absolute atomic E-state index is 0.240. The first-order chi connectivity index (χ1) is 20.8. The maximum atomic E-state index is 14.8. The molecule has 6 nitrogen and oxygen atoms in total. The third-order valence-electron chi connectivity index (χ3n) is 8.95. The second-order valence-electron chi connectivity index (χ2n) is 10.9. The number of carbonyl (C=O) groups excluding carboxylic acids is 3. The molecular formula is C35H25ClFNO5. The summed E-state index contributed by atoms with van der Waals surface area (Å²) < 4.78 is 25.7. The molecule has 7 rings (SSSR count). The highest BCUT2D eigenvalue weighted by Gasteiger charge is 2.72. The van der Waals surface area contributed by atoms with E-state index in [9.17, 15) is 18.8 Å². The second kappa shape index (κ2) is 9.92. The molecule has 214 valence electrons. The van der Waals surface area contributed by atoms with E-state index in [1.807, 2.05) is 0 Å². The Morgan fingerprint density at radius 2 is 1.58 bits per heavy atom. The van der Waals surface area contributed by atoms with Crippen LogP contribution in [0.15, 0.2) is 91.0 Å². The van der Waals surface area contributed by atoms with Crippen LogP contribution in [0.4, 0.5) is 10.1 Å². The summed E-state index contributed by atoms with van der Waals surface area (Å²) in [6.07, 6.45) is 3.46. The van der Waals surface area contributed by atoms with E-state index in [0.29, 0.717) is 39.4 Å². The first-order valence-corrected chi connectivity index (χ1v) is 14.2. The summed E-state index contributed by atoms with van der Waals surface area (Å²) in [7, 11) is 3.01. The van der Waals surface area contributed by atoms with Crippen LogP contribution in [0.1, 0.15) is 48.1 Å². The van der Waals surface area contributed by atoms with E-state index in [2.05, 4.69) is 0 Å². The van der Waals surface area contributed by atoms with Crippen LogP contribution in [-0.2, 0) is 0 Å². The van der Waals surface area contributed by atoms with Gasteiger partial charge in [0.25, 0.3) is 0 Å². The largest absolute Gasteiger partial charge is 0.497 e. The van der Waals surface area contributed by atoms with Crippen LogP contribution in [0, 0.1) is 11.2 Å². The number of carbonyl (C=O) groups is 3. The summed E-state index contributed by atoms with van der Waals surface area (Å²) in [5.74, 6) is -1.73. The molecule has 3 atom stereocenters. The maximum Gasteiger partial charge on any atom is 0.187 e. The molecule has 3 aliphatic rings. The third kappa shape index (κ3) is 3.67. The average molecular weight is 594 g/mol. The molecule has 0 N–H and O–H groups in total. The summed E-state index contributed by atoms with van der Waals surface area (Å²) in [6.45, 7) is 0. The van der Waals surface area contributed by atoms with E-state index >= 15 is 0 Å². The fourth-order valence-electron chi connectivity index (χ4n) is 7.19. The van der Waals surface area contributed by atoms with Crippen molar-refractivity contribution in [3.8, 4) is 11.5 Å². The van der Waals surface area contributed by atoms with Crippen molar-refractivity contribution in [1.29, 1.82) is 0 Å². The van der Waals surface area contributed by atoms with Gasteiger partial charge in [0.05, 0.1) is 25.3 Å². The van der Waals surface area contributed by atoms with Gasteiger partial charge in [-0.3, -0.25) is 14.4 Å². The maximum absolute atomic E-state index is 14.8. The zero-order chi connectivity index (χ0) is 30.0. The van der Waals surface area contributed by atoms with Crippen LogP contribution >= 0.6 is 11.6 Å². The second-order valence-corrected chi connectivity index (χ2v) is 11.3. The number of hydrogen-bond acceptors (Lipinski definition) is 6. The summed E-state index contributed by atoms with van der Waals surface area (Å²) in [5.41, 5.74) is 0.663. The van der Waals surface area contributed by atoms with Crippen molar-refractivity contribution in [3.63, 3.8) is 0 Å². The van der Waals surface area contributed by atoms with Crippen molar-refractivity contribution < 1.29 is 28.2 Å². The number of nitrogens with zero attached hydrogens (tertiary/aromatic N) is 1. The molecule has 1 spiro atoms. The van der Waals surface area contributed by atoms with Crippen molar-refractivity contribution >= 4 is 40.7 Å². The van der Waals surface area contributed by atoms with E-state index < -0.39 is 29.2 Å². The van der Waals surface area contributed by atoms with E-state index in [4.69, 9.17) is 21.1 Å². The van der Waals surface area contributed by atoms with Gasteiger partial charge >= 0.3 is 0 Å². The Labute approximate surface area is 252 Å². The van der Waals surface area contributed by atoms with Gasteiger partial charge in [-0.05, 0) is 36.4 Å². The predicted octanol–water partition coefficient (Wildman–Crippen LogP) is 6.81. The molecule has 0 radical (unpaired) electrons. The minimum Gasteiger partial charge on any atom is -0.497 e. The molecule has 43 heavy (non-hydrogen) atoms. The zero-order valence-electron chi connectivity index (χ0n) is 23.2. The number of anilines is 1.